The molecule has 2 fully saturated rings. The largest absolute Gasteiger partial charge is 0.367 e. The van der Waals surface area contributed by atoms with Gasteiger partial charge in [0.05, 0.1) is 5.69 Å². The van der Waals surface area contributed by atoms with Crippen LogP contribution in [0.2, 0.25) is 0 Å². The molecule has 3 nitrogen and oxygen atoms in total. The first-order valence-corrected chi connectivity index (χ1v) is 7.75. The summed E-state index contributed by atoms with van der Waals surface area (Å²) in [6.07, 6.45) is 2.60. The Hall–Kier alpha value is -1.13. The molecule has 4 heteroatoms. The number of piperazine rings is 1. The zero-order valence-corrected chi connectivity index (χ0v) is 12.0. The van der Waals surface area contributed by atoms with Gasteiger partial charge in [0.1, 0.15) is 5.82 Å². The molecule has 0 spiro atoms. The lowest BCUT2D eigenvalue weighted by atomic mass is 9.97. The molecule has 0 bridgehead atoms. The Morgan fingerprint density at radius 3 is 2.45 bits per heavy atom. The molecule has 0 atom stereocenters. The molecule has 2 heterocycles. The molecule has 0 unspecified atom stereocenters. The van der Waals surface area contributed by atoms with Gasteiger partial charge in [0.15, 0.2) is 0 Å². The van der Waals surface area contributed by atoms with E-state index in [0.717, 1.165) is 37.8 Å². The van der Waals surface area contributed by atoms with Crippen molar-refractivity contribution in [3.63, 3.8) is 0 Å². The molecule has 0 aromatic heterocycles. The van der Waals surface area contributed by atoms with E-state index in [-0.39, 0.29) is 5.82 Å². The number of nitrogens with one attached hydrogen (secondary N) is 1. The van der Waals surface area contributed by atoms with Crippen molar-refractivity contribution >= 4 is 5.69 Å². The minimum Gasteiger partial charge on any atom is -0.367 e. The number of rotatable bonds is 3. The summed E-state index contributed by atoms with van der Waals surface area (Å²) < 4.78 is 13.8. The van der Waals surface area contributed by atoms with Crippen molar-refractivity contribution in [1.29, 1.82) is 0 Å². The first kappa shape index (κ1) is 13.8. The van der Waals surface area contributed by atoms with Crippen molar-refractivity contribution in [2.45, 2.75) is 12.8 Å². The molecule has 0 amide bonds. The van der Waals surface area contributed by atoms with Crippen LogP contribution >= 0.6 is 0 Å². The SMILES string of the molecule is Fc1ccccc1N1CCN(CC2CCNCC2)CC1. The molecule has 1 N–H and O–H groups in total. The third-order valence-corrected chi connectivity index (χ3v) is 4.54. The lowest BCUT2D eigenvalue weighted by molar-refractivity contribution is 0.196. The maximum Gasteiger partial charge on any atom is 0.146 e. The highest BCUT2D eigenvalue weighted by Gasteiger charge is 2.22. The van der Waals surface area contributed by atoms with Crippen molar-refractivity contribution in [1.82, 2.24) is 10.2 Å². The van der Waals surface area contributed by atoms with Crippen LogP contribution in [0.15, 0.2) is 24.3 Å². The first-order valence-electron chi connectivity index (χ1n) is 7.75. The number of hydrogen-bond acceptors (Lipinski definition) is 3. The number of anilines is 1. The van der Waals surface area contributed by atoms with E-state index in [1.54, 1.807) is 12.1 Å². The van der Waals surface area contributed by atoms with Crippen LogP contribution < -0.4 is 10.2 Å². The van der Waals surface area contributed by atoms with E-state index in [0.29, 0.717) is 0 Å². The standard InChI is InChI=1S/C16H24FN3/c17-15-3-1-2-4-16(15)20-11-9-19(10-12-20)13-14-5-7-18-8-6-14/h1-4,14,18H,5-13H2. The van der Waals surface area contributed by atoms with Crippen LogP contribution in [0.4, 0.5) is 10.1 Å². The van der Waals surface area contributed by atoms with Gasteiger partial charge in [-0.05, 0) is 44.0 Å². The van der Waals surface area contributed by atoms with Crippen molar-refractivity contribution in [2.24, 2.45) is 5.92 Å². The summed E-state index contributed by atoms with van der Waals surface area (Å²) >= 11 is 0. The third-order valence-electron chi connectivity index (χ3n) is 4.54. The molecular formula is C16H24FN3. The van der Waals surface area contributed by atoms with Crippen molar-refractivity contribution < 1.29 is 4.39 Å². The van der Waals surface area contributed by atoms with E-state index < -0.39 is 0 Å². The third kappa shape index (κ3) is 3.30. The Morgan fingerprint density at radius 1 is 1.05 bits per heavy atom. The topological polar surface area (TPSA) is 18.5 Å². The predicted molar refractivity (Wildman–Crippen MR) is 80.6 cm³/mol. The fourth-order valence-electron chi connectivity index (χ4n) is 3.31. The number of para-hydroxylation sites is 1. The van der Waals surface area contributed by atoms with E-state index in [9.17, 15) is 4.39 Å². The second kappa shape index (κ2) is 6.55. The highest BCUT2D eigenvalue weighted by Crippen LogP contribution is 2.21. The molecule has 0 saturated carbocycles. The van der Waals surface area contributed by atoms with Crippen LogP contribution in [-0.2, 0) is 0 Å². The lowest BCUT2D eigenvalue weighted by Crippen LogP contribution is -2.48. The predicted octanol–water partition coefficient (Wildman–Crippen LogP) is 1.95. The summed E-state index contributed by atoms with van der Waals surface area (Å²) in [6, 6.07) is 7.11. The zero-order valence-electron chi connectivity index (χ0n) is 12.0. The van der Waals surface area contributed by atoms with Crippen molar-refractivity contribution in [2.75, 3.05) is 50.7 Å². The van der Waals surface area contributed by atoms with Crippen molar-refractivity contribution in [3.8, 4) is 0 Å². The van der Waals surface area contributed by atoms with Crippen LogP contribution in [0.1, 0.15) is 12.8 Å². The normalized spacial score (nSPS) is 22.1. The van der Waals surface area contributed by atoms with Gasteiger partial charge in [-0.1, -0.05) is 12.1 Å². The van der Waals surface area contributed by atoms with Gasteiger partial charge in [-0.15, -0.1) is 0 Å². The van der Waals surface area contributed by atoms with Gasteiger partial charge < -0.3 is 10.2 Å². The van der Waals surface area contributed by atoms with Gasteiger partial charge in [-0.25, -0.2) is 4.39 Å². The van der Waals surface area contributed by atoms with E-state index >= 15 is 0 Å². The number of benzene rings is 1. The number of halogens is 1. The quantitative estimate of drug-likeness (QED) is 0.911. The second-order valence-electron chi connectivity index (χ2n) is 5.93. The highest BCUT2D eigenvalue weighted by molar-refractivity contribution is 5.47. The van der Waals surface area contributed by atoms with Crippen LogP contribution in [0.25, 0.3) is 0 Å². The van der Waals surface area contributed by atoms with Gasteiger partial charge >= 0.3 is 0 Å². The van der Waals surface area contributed by atoms with Gasteiger partial charge in [0.2, 0.25) is 0 Å². The Bertz CT molecular complexity index is 423. The van der Waals surface area contributed by atoms with Crippen LogP contribution in [0, 0.1) is 11.7 Å². The Balaban J connectivity index is 1.50. The second-order valence-corrected chi connectivity index (χ2v) is 5.93. The molecule has 2 saturated heterocycles. The van der Waals surface area contributed by atoms with E-state index in [1.165, 1.54) is 32.5 Å². The van der Waals surface area contributed by atoms with Crippen LogP contribution in [0.3, 0.4) is 0 Å². The summed E-state index contributed by atoms with van der Waals surface area (Å²) in [6.45, 7) is 7.53. The van der Waals surface area contributed by atoms with Crippen molar-refractivity contribution in [3.05, 3.63) is 30.1 Å². The zero-order chi connectivity index (χ0) is 13.8. The monoisotopic (exact) mass is 277 g/mol. The average Bonchev–Trinajstić information content (AvgIpc) is 2.50. The van der Waals surface area contributed by atoms with Gasteiger partial charge in [-0.3, -0.25) is 4.90 Å². The minimum atomic E-state index is -0.0979. The smallest absolute Gasteiger partial charge is 0.146 e. The minimum absolute atomic E-state index is 0.0979. The maximum absolute atomic E-state index is 13.8. The number of piperidine rings is 1. The summed E-state index contributed by atoms with van der Waals surface area (Å²) in [7, 11) is 0. The molecule has 20 heavy (non-hydrogen) atoms. The molecule has 1 aromatic carbocycles. The maximum atomic E-state index is 13.8. The van der Waals surface area contributed by atoms with E-state index in [2.05, 4.69) is 15.1 Å². The van der Waals surface area contributed by atoms with Gasteiger partial charge in [0, 0.05) is 32.7 Å². The Kier molecular flexibility index (Phi) is 4.53. The fourth-order valence-corrected chi connectivity index (χ4v) is 3.31. The Morgan fingerprint density at radius 2 is 1.75 bits per heavy atom. The molecule has 0 aliphatic carbocycles. The van der Waals surface area contributed by atoms with E-state index in [1.807, 2.05) is 12.1 Å². The first-order chi connectivity index (χ1) is 9.83. The summed E-state index contributed by atoms with van der Waals surface area (Å²) in [5.41, 5.74) is 0.758. The molecule has 3 rings (SSSR count). The van der Waals surface area contributed by atoms with Gasteiger partial charge in [0.25, 0.3) is 0 Å². The molecular weight excluding hydrogens is 253 g/mol. The van der Waals surface area contributed by atoms with E-state index in [4.69, 9.17) is 0 Å². The number of hydrogen-bond donors (Lipinski definition) is 1. The molecule has 1 aromatic rings. The van der Waals surface area contributed by atoms with Gasteiger partial charge in [-0.2, -0.15) is 0 Å². The Labute approximate surface area is 120 Å². The highest BCUT2D eigenvalue weighted by atomic mass is 19.1. The summed E-state index contributed by atoms with van der Waals surface area (Å²) in [5.74, 6) is 0.746. The molecule has 2 aliphatic heterocycles. The summed E-state index contributed by atoms with van der Waals surface area (Å²) in [4.78, 5) is 4.72. The lowest BCUT2D eigenvalue weighted by Gasteiger charge is -2.38. The number of nitrogens with zero attached hydrogens (tertiary/aromatic N) is 2. The molecule has 110 valence electrons. The van der Waals surface area contributed by atoms with Crippen LogP contribution in [-0.4, -0.2) is 50.7 Å². The van der Waals surface area contributed by atoms with Crippen LogP contribution in [0.5, 0.6) is 0 Å². The fraction of sp³-hybridized carbons (Fsp3) is 0.625. The summed E-state index contributed by atoms with van der Waals surface area (Å²) in [5, 5.41) is 3.42. The molecule has 0 radical (unpaired) electrons. The molecule has 2 aliphatic rings. The average molecular weight is 277 g/mol.